The molecule has 1 aliphatic rings. The maximum absolute atomic E-state index is 13.4. The predicted molar refractivity (Wildman–Crippen MR) is 104 cm³/mol. The lowest BCUT2D eigenvalue weighted by Gasteiger charge is -2.34. The Morgan fingerprint density at radius 1 is 1.32 bits per heavy atom. The fourth-order valence-electron chi connectivity index (χ4n) is 2.79. The van der Waals surface area contributed by atoms with Gasteiger partial charge in [-0.15, -0.1) is 11.3 Å². The van der Waals surface area contributed by atoms with Crippen molar-refractivity contribution in [1.29, 1.82) is 0 Å². The van der Waals surface area contributed by atoms with Gasteiger partial charge in [-0.3, -0.25) is 9.10 Å². The van der Waals surface area contributed by atoms with Crippen molar-refractivity contribution >= 4 is 38.9 Å². The summed E-state index contributed by atoms with van der Waals surface area (Å²) >= 11 is 0.982. The van der Waals surface area contributed by atoms with E-state index < -0.39 is 28.0 Å². The molecular formula is C18H20N2O6S2. The lowest BCUT2D eigenvalue weighted by Crippen LogP contribution is -2.50. The molecule has 2 aromatic rings. The minimum Gasteiger partial charge on any atom is -0.476 e. The van der Waals surface area contributed by atoms with Gasteiger partial charge in [0.15, 0.2) is 6.10 Å². The lowest BCUT2D eigenvalue weighted by molar-refractivity contribution is -0.127. The summed E-state index contributed by atoms with van der Waals surface area (Å²) in [5.41, 5.74) is 0.309. The summed E-state index contributed by atoms with van der Waals surface area (Å²) in [6.07, 6.45) is -0.259. The Hall–Kier alpha value is -2.59. The maximum Gasteiger partial charge on any atom is 0.349 e. The van der Waals surface area contributed by atoms with Gasteiger partial charge in [0.05, 0.1) is 19.3 Å². The normalized spacial score (nSPS) is 16.1. The number of fused-ring (bicyclic) bond motifs is 1. The number of rotatable bonds is 6. The minimum absolute atomic E-state index is 0.0153. The molecule has 0 radical (unpaired) electrons. The van der Waals surface area contributed by atoms with Crippen molar-refractivity contribution in [3.05, 3.63) is 40.6 Å². The van der Waals surface area contributed by atoms with Gasteiger partial charge in [-0.2, -0.15) is 0 Å². The molecule has 8 nitrogen and oxygen atoms in total. The summed E-state index contributed by atoms with van der Waals surface area (Å²) in [6.45, 7) is 2.18. The molecule has 10 heteroatoms. The monoisotopic (exact) mass is 424 g/mol. The van der Waals surface area contributed by atoms with Gasteiger partial charge in [0.25, 0.3) is 15.9 Å². The van der Waals surface area contributed by atoms with E-state index in [1.807, 2.05) is 6.92 Å². The van der Waals surface area contributed by atoms with Crippen LogP contribution in [0.4, 0.5) is 5.69 Å². The van der Waals surface area contributed by atoms with Crippen molar-refractivity contribution in [2.45, 2.75) is 24.3 Å². The molecule has 0 spiro atoms. The summed E-state index contributed by atoms with van der Waals surface area (Å²) < 4.78 is 38.3. The van der Waals surface area contributed by atoms with Crippen molar-refractivity contribution in [1.82, 2.24) is 5.32 Å². The van der Waals surface area contributed by atoms with Crippen molar-refractivity contribution in [2.75, 3.05) is 24.5 Å². The number of thiophene rings is 1. The van der Waals surface area contributed by atoms with E-state index in [1.165, 1.54) is 18.6 Å². The smallest absolute Gasteiger partial charge is 0.349 e. The van der Waals surface area contributed by atoms with Gasteiger partial charge in [0.2, 0.25) is 0 Å². The number of methoxy groups -OCH3 is 1. The number of anilines is 1. The molecule has 1 amide bonds. The standard InChI is InChI=1S/C18H20N2O6S2/c1-3-9-19-17(21)14-11-20(12-6-4-5-7-13(12)26-14)28(23,24)15-8-10-27-16(15)18(22)25-2/h4-8,10,14H,3,9,11H2,1-2H3,(H,19,21)/t14-/m0/s1. The van der Waals surface area contributed by atoms with Gasteiger partial charge in [0, 0.05) is 6.54 Å². The van der Waals surface area contributed by atoms with Gasteiger partial charge in [-0.05, 0) is 30.0 Å². The molecule has 150 valence electrons. The van der Waals surface area contributed by atoms with E-state index in [9.17, 15) is 18.0 Å². The average molecular weight is 425 g/mol. The average Bonchev–Trinajstić information content (AvgIpc) is 3.21. The summed E-state index contributed by atoms with van der Waals surface area (Å²) in [5, 5.41) is 4.23. The van der Waals surface area contributed by atoms with Crippen LogP contribution in [0.3, 0.4) is 0 Å². The Labute approximate surface area is 167 Å². The Bertz CT molecular complexity index is 985. The van der Waals surface area contributed by atoms with Crippen LogP contribution in [0.15, 0.2) is 40.6 Å². The number of carbonyl (C=O) groups is 2. The minimum atomic E-state index is -4.12. The second kappa shape index (κ2) is 8.19. The second-order valence-electron chi connectivity index (χ2n) is 6.01. The zero-order chi connectivity index (χ0) is 20.3. The first-order valence-electron chi connectivity index (χ1n) is 8.62. The second-order valence-corrected chi connectivity index (χ2v) is 8.75. The van der Waals surface area contributed by atoms with Gasteiger partial charge in [-0.25, -0.2) is 13.2 Å². The summed E-state index contributed by atoms with van der Waals surface area (Å²) in [7, 11) is -2.93. The number of ether oxygens (including phenoxy) is 2. The van der Waals surface area contributed by atoms with Crippen LogP contribution >= 0.6 is 11.3 Å². The number of hydrogen-bond acceptors (Lipinski definition) is 7. The Balaban J connectivity index is 2.03. The Morgan fingerprint density at radius 3 is 2.79 bits per heavy atom. The first kappa shape index (κ1) is 20.2. The highest BCUT2D eigenvalue weighted by atomic mass is 32.2. The van der Waals surface area contributed by atoms with Crippen molar-refractivity contribution in [2.24, 2.45) is 0 Å². The number of amides is 1. The number of carbonyl (C=O) groups excluding carboxylic acids is 2. The van der Waals surface area contributed by atoms with Crippen LogP contribution in [0.2, 0.25) is 0 Å². The summed E-state index contributed by atoms with van der Waals surface area (Å²) in [6, 6.07) is 7.93. The maximum atomic E-state index is 13.4. The first-order chi connectivity index (χ1) is 13.4. The van der Waals surface area contributed by atoms with Crippen molar-refractivity contribution in [3.63, 3.8) is 0 Å². The van der Waals surface area contributed by atoms with E-state index in [4.69, 9.17) is 9.47 Å². The molecule has 2 heterocycles. The third kappa shape index (κ3) is 3.69. The zero-order valence-electron chi connectivity index (χ0n) is 15.4. The quantitative estimate of drug-likeness (QED) is 0.712. The van der Waals surface area contributed by atoms with Crippen LogP contribution in [-0.2, 0) is 19.6 Å². The number of para-hydroxylation sites is 2. The molecule has 0 unspecified atom stereocenters. The molecule has 28 heavy (non-hydrogen) atoms. The number of hydrogen-bond donors (Lipinski definition) is 1. The SMILES string of the molecule is CCCNC(=O)[C@@H]1CN(S(=O)(=O)c2ccsc2C(=O)OC)c2ccccc2O1. The van der Waals surface area contributed by atoms with E-state index in [-0.39, 0.29) is 22.1 Å². The fraction of sp³-hybridized carbons (Fsp3) is 0.333. The number of nitrogens with zero attached hydrogens (tertiary/aromatic N) is 1. The van der Waals surface area contributed by atoms with E-state index in [1.54, 1.807) is 24.3 Å². The highest BCUT2D eigenvalue weighted by molar-refractivity contribution is 7.93. The molecule has 1 aliphatic heterocycles. The van der Waals surface area contributed by atoms with Crippen LogP contribution < -0.4 is 14.4 Å². The molecule has 3 rings (SSSR count). The van der Waals surface area contributed by atoms with Gasteiger partial charge < -0.3 is 14.8 Å². The molecule has 1 N–H and O–H groups in total. The lowest BCUT2D eigenvalue weighted by atomic mass is 10.2. The molecule has 1 aromatic carbocycles. The third-order valence-corrected chi connectivity index (χ3v) is 6.99. The van der Waals surface area contributed by atoms with Crippen molar-refractivity contribution < 1.29 is 27.5 Å². The van der Waals surface area contributed by atoms with Gasteiger partial charge in [-0.1, -0.05) is 19.1 Å². The third-order valence-electron chi connectivity index (χ3n) is 4.14. The highest BCUT2D eigenvalue weighted by Gasteiger charge is 2.39. The van der Waals surface area contributed by atoms with Crippen molar-refractivity contribution in [3.8, 4) is 5.75 Å². The van der Waals surface area contributed by atoms with Crippen LogP contribution in [0.25, 0.3) is 0 Å². The number of benzene rings is 1. The number of sulfonamides is 1. The summed E-state index contributed by atoms with van der Waals surface area (Å²) in [5.74, 6) is -0.841. The van der Waals surface area contributed by atoms with Crippen LogP contribution in [0, 0.1) is 0 Å². The molecule has 1 aromatic heterocycles. The molecular weight excluding hydrogens is 404 g/mol. The van der Waals surface area contributed by atoms with Crippen LogP contribution in [0.1, 0.15) is 23.0 Å². The molecule has 0 aliphatic carbocycles. The first-order valence-corrected chi connectivity index (χ1v) is 10.9. The topological polar surface area (TPSA) is 102 Å². The summed E-state index contributed by atoms with van der Waals surface area (Å²) in [4.78, 5) is 24.2. The molecule has 0 saturated heterocycles. The molecule has 0 fully saturated rings. The Kier molecular flexibility index (Phi) is 5.90. The van der Waals surface area contributed by atoms with Crippen LogP contribution in [0.5, 0.6) is 5.75 Å². The van der Waals surface area contributed by atoms with Crippen LogP contribution in [-0.4, -0.2) is 46.6 Å². The highest BCUT2D eigenvalue weighted by Crippen LogP contribution is 2.38. The molecule has 0 bridgehead atoms. The van der Waals surface area contributed by atoms with E-state index in [0.717, 1.165) is 22.1 Å². The Morgan fingerprint density at radius 2 is 2.07 bits per heavy atom. The molecule has 1 atom stereocenters. The fourth-order valence-corrected chi connectivity index (χ4v) is 5.58. The van der Waals surface area contributed by atoms with E-state index in [2.05, 4.69) is 5.32 Å². The van der Waals surface area contributed by atoms with Gasteiger partial charge in [0.1, 0.15) is 15.5 Å². The predicted octanol–water partition coefficient (Wildman–Crippen LogP) is 2.02. The number of nitrogens with one attached hydrogen (secondary N) is 1. The zero-order valence-corrected chi connectivity index (χ0v) is 17.0. The van der Waals surface area contributed by atoms with E-state index in [0.29, 0.717) is 12.2 Å². The van der Waals surface area contributed by atoms with Gasteiger partial charge >= 0.3 is 5.97 Å². The van der Waals surface area contributed by atoms with E-state index >= 15 is 0 Å². The molecule has 0 saturated carbocycles. The largest absolute Gasteiger partial charge is 0.476 e. The number of esters is 1.